The van der Waals surface area contributed by atoms with Gasteiger partial charge in [0.15, 0.2) is 0 Å². The summed E-state index contributed by atoms with van der Waals surface area (Å²) in [4.78, 5) is 0. The van der Waals surface area contributed by atoms with Crippen molar-refractivity contribution in [1.82, 2.24) is 20.2 Å². The van der Waals surface area contributed by atoms with E-state index in [4.69, 9.17) is 5.73 Å². The van der Waals surface area contributed by atoms with Crippen LogP contribution in [0.25, 0.3) is 5.69 Å². The van der Waals surface area contributed by atoms with Gasteiger partial charge in [0.25, 0.3) is 0 Å². The average molecular weight is 249 g/mol. The predicted octanol–water partition coefficient (Wildman–Crippen LogP) is 1.35. The number of para-hydroxylation sites is 1. The second kappa shape index (κ2) is 5.79. The van der Waals surface area contributed by atoms with E-state index in [-0.39, 0.29) is 0 Å². The molecule has 1 aromatic carbocycles. The number of aromatic nitrogens is 4. The molecule has 6 heteroatoms. The summed E-state index contributed by atoms with van der Waals surface area (Å²) >= 11 is 1.63. The number of tetrazole rings is 1. The monoisotopic (exact) mass is 249 g/mol. The van der Waals surface area contributed by atoms with Gasteiger partial charge in [-0.05, 0) is 35.0 Å². The lowest BCUT2D eigenvalue weighted by molar-refractivity contribution is 0.672. The molecular formula is C11H15N5S. The maximum atomic E-state index is 5.59. The molecule has 1 aromatic heterocycles. The van der Waals surface area contributed by atoms with Crippen LogP contribution in [0, 0.1) is 5.92 Å². The standard InChI is InChI=1S/C11H15N5S/c1-9(7-12)8-17-11-13-14-15-16(11)10-5-3-2-4-6-10/h2-6,9H,7-8,12H2,1H3/t9-/m0/s1. The Labute approximate surface area is 104 Å². The highest BCUT2D eigenvalue weighted by Gasteiger charge is 2.09. The van der Waals surface area contributed by atoms with E-state index in [1.54, 1.807) is 16.4 Å². The number of thioether (sulfide) groups is 1. The van der Waals surface area contributed by atoms with E-state index < -0.39 is 0 Å². The van der Waals surface area contributed by atoms with Crippen LogP contribution < -0.4 is 5.73 Å². The molecule has 0 saturated heterocycles. The zero-order valence-corrected chi connectivity index (χ0v) is 10.5. The summed E-state index contributed by atoms with van der Waals surface area (Å²) in [7, 11) is 0. The third-order valence-corrected chi connectivity index (χ3v) is 3.59. The Morgan fingerprint density at radius 1 is 1.35 bits per heavy atom. The van der Waals surface area contributed by atoms with Crippen molar-refractivity contribution in [3.8, 4) is 5.69 Å². The Morgan fingerprint density at radius 2 is 2.12 bits per heavy atom. The SMILES string of the molecule is C[C@@H](CN)CSc1nnnn1-c1ccccc1. The van der Waals surface area contributed by atoms with Crippen LogP contribution in [0.2, 0.25) is 0 Å². The van der Waals surface area contributed by atoms with Gasteiger partial charge in [-0.25, -0.2) is 0 Å². The molecule has 0 bridgehead atoms. The maximum Gasteiger partial charge on any atom is 0.214 e. The van der Waals surface area contributed by atoms with Crippen LogP contribution in [0.15, 0.2) is 35.5 Å². The van der Waals surface area contributed by atoms with Gasteiger partial charge in [-0.3, -0.25) is 0 Å². The highest BCUT2D eigenvalue weighted by atomic mass is 32.2. The van der Waals surface area contributed by atoms with Crippen molar-refractivity contribution in [2.45, 2.75) is 12.1 Å². The van der Waals surface area contributed by atoms with Crippen LogP contribution >= 0.6 is 11.8 Å². The van der Waals surface area contributed by atoms with Crippen LogP contribution in [0.5, 0.6) is 0 Å². The molecule has 0 unspecified atom stereocenters. The van der Waals surface area contributed by atoms with E-state index in [1.165, 1.54) is 0 Å². The van der Waals surface area contributed by atoms with Crippen LogP contribution in [-0.4, -0.2) is 32.5 Å². The third-order valence-electron chi connectivity index (χ3n) is 2.34. The highest BCUT2D eigenvalue weighted by Crippen LogP contribution is 2.19. The molecule has 0 amide bonds. The number of hydrogen-bond donors (Lipinski definition) is 1. The second-order valence-corrected chi connectivity index (χ2v) is 4.85. The lowest BCUT2D eigenvalue weighted by atomic mass is 10.2. The fourth-order valence-corrected chi connectivity index (χ4v) is 2.21. The molecule has 1 heterocycles. The first-order valence-corrected chi connectivity index (χ1v) is 6.46. The first-order valence-electron chi connectivity index (χ1n) is 5.48. The number of rotatable bonds is 5. The van der Waals surface area contributed by atoms with Gasteiger partial charge in [-0.1, -0.05) is 36.9 Å². The summed E-state index contributed by atoms with van der Waals surface area (Å²) in [6.07, 6.45) is 0. The summed E-state index contributed by atoms with van der Waals surface area (Å²) in [5, 5.41) is 12.5. The van der Waals surface area contributed by atoms with Crippen molar-refractivity contribution in [3.63, 3.8) is 0 Å². The van der Waals surface area contributed by atoms with Crippen molar-refractivity contribution >= 4 is 11.8 Å². The normalized spacial score (nSPS) is 12.6. The lowest BCUT2D eigenvalue weighted by Crippen LogP contribution is -2.13. The molecule has 90 valence electrons. The van der Waals surface area contributed by atoms with Gasteiger partial charge in [-0.2, -0.15) is 4.68 Å². The molecule has 0 fully saturated rings. The summed E-state index contributed by atoms with van der Waals surface area (Å²) in [6.45, 7) is 2.80. The zero-order chi connectivity index (χ0) is 12.1. The Kier molecular flexibility index (Phi) is 4.11. The van der Waals surface area contributed by atoms with E-state index in [0.29, 0.717) is 12.5 Å². The minimum absolute atomic E-state index is 0.459. The molecule has 17 heavy (non-hydrogen) atoms. The van der Waals surface area contributed by atoms with E-state index in [2.05, 4.69) is 22.4 Å². The molecule has 5 nitrogen and oxygen atoms in total. The lowest BCUT2D eigenvalue weighted by Gasteiger charge is -2.07. The van der Waals surface area contributed by atoms with E-state index in [1.807, 2.05) is 30.3 Å². The van der Waals surface area contributed by atoms with Crippen molar-refractivity contribution < 1.29 is 0 Å². The molecule has 0 aliphatic rings. The van der Waals surface area contributed by atoms with E-state index in [0.717, 1.165) is 16.6 Å². The third kappa shape index (κ3) is 3.04. The minimum atomic E-state index is 0.459. The summed E-state index contributed by atoms with van der Waals surface area (Å²) in [5.41, 5.74) is 6.56. The molecule has 2 aromatic rings. The van der Waals surface area contributed by atoms with Crippen LogP contribution in [-0.2, 0) is 0 Å². The summed E-state index contributed by atoms with van der Waals surface area (Å²) < 4.78 is 1.74. The number of hydrogen-bond acceptors (Lipinski definition) is 5. The van der Waals surface area contributed by atoms with Crippen LogP contribution in [0.1, 0.15) is 6.92 Å². The molecular weight excluding hydrogens is 234 g/mol. The Balaban J connectivity index is 2.12. The van der Waals surface area contributed by atoms with Gasteiger partial charge in [0.2, 0.25) is 5.16 Å². The Bertz CT molecular complexity index is 456. The molecule has 0 saturated carbocycles. The molecule has 0 aliphatic carbocycles. The largest absolute Gasteiger partial charge is 0.330 e. The van der Waals surface area contributed by atoms with Gasteiger partial charge in [0.1, 0.15) is 0 Å². The van der Waals surface area contributed by atoms with Gasteiger partial charge in [0.05, 0.1) is 5.69 Å². The fraction of sp³-hybridized carbons (Fsp3) is 0.364. The smallest absolute Gasteiger partial charge is 0.214 e. The molecule has 1 atom stereocenters. The van der Waals surface area contributed by atoms with Gasteiger partial charge in [-0.15, -0.1) is 5.10 Å². The van der Waals surface area contributed by atoms with Crippen LogP contribution in [0.4, 0.5) is 0 Å². The maximum absolute atomic E-state index is 5.59. The first-order chi connectivity index (χ1) is 8.31. The molecule has 0 spiro atoms. The molecule has 2 rings (SSSR count). The molecule has 0 aliphatic heterocycles. The minimum Gasteiger partial charge on any atom is -0.330 e. The molecule has 2 N–H and O–H groups in total. The second-order valence-electron chi connectivity index (χ2n) is 3.86. The summed E-state index contributed by atoms with van der Waals surface area (Å²) in [6, 6.07) is 9.86. The van der Waals surface area contributed by atoms with E-state index in [9.17, 15) is 0 Å². The van der Waals surface area contributed by atoms with E-state index >= 15 is 0 Å². The zero-order valence-electron chi connectivity index (χ0n) is 9.65. The predicted molar refractivity (Wildman–Crippen MR) is 68.1 cm³/mol. The van der Waals surface area contributed by atoms with Crippen LogP contribution in [0.3, 0.4) is 0 Å². The van der Waals surface area contributed by atoms with Crippen molar-refractivity contribution in [2.75, 3.05) is 12.3 Å². The Hall–Kier alpha value is -1.40. The fourth-order valence-electron chi connectivity index (χ4n) is 1.28. The number of nitrogens with two attached hydrogens (primary N) is 1. The first kappa shape index (κ1) is 12.1. The number of nitrogens with zero attached hydrogens (tertiary/aromatic N) is 4. The Morgan fingerprint density at radius 3 is 2.82 bits per heavy atom. The quantitative estimate of drug-likeness (QED) is 0.810. The van der Waals surface area contributed by atoms with Crippen molar-refractivity contribution in [2.24, 2.45) is 11.7 Å². The highest BCUT2D eigenvalue weighted by molar-refractivity contribution is 7.99. The van der Waals surface area contributed by atoms with Gasteiger partial charge < -0.3 is 5.73 Å². The summed E-state index contributed by atoms with van der Waals surface area (Å²) in [5.74, 6) is 1.38. The van der Waals surface area contributed by atoms with Crippen molar-refractivity contribution in [3.05, 3.63) is 30.3 Å². The van der Waals surface area contributed by atoms with Gasteiger partial charge >= 0.3 is 0 Å². The number of benzene rings is 1. The van der Waals surface area contributed by atoms with Crippen molar-refractivity contribution in [1.29, 1.82) is 0 Å². The molecule has 0 radical (unpaired) electrons. The topological polar surface area (TPSA) is 69.6 Å². The average Bonchev–Trinajstić information content (AvgIpc) is 2.85. The van der Waals surface area contributed by atoms with Gasteiger partial charge in [0, 0.05) is 5.75 Å².